The molecule has 2 heterocycles. The highest BCUT2D eigenvalue weighted by Crippen LogP contribution is 2.27. The van der Waals surface area contributed by atoms with E-state index in [9.17, 15) is 0 Å². The van der Waals surface area contributed by atoms with Crippen molar-refractivity contribution in [3.8, 4) is 0 Å². The fraction of sp³-hybridized carbons (Fsp3) is 0.214. The SMILES string of the molecule is CCCc1nc(Br)cc(Sc2nc3ccccc3[nH]2)n1. The zero-order chi connectivity index (χ0) is 13.9. The number of H-pyrrole nitrogens is 1. The Labute approximate surface area is 129 Å². The van der Waals surface area contributed by atoms with Crippen molar-refractivity contribution in [3.05, 3.63) is 40.8 Å². The van der Waals surface area contributed by atoms with Crippen molar-refractivity contribution in [2.45, 2.75) is 29.9 Å². The number of hydrogen-bond acceptors (Lipinski definition) is 4. The number of para-hydroxylation sites is 2. The summed E-state index contributed by atoms with van der Waals surface area (Å²) in [6.45, 7) is 2.12. The first-order valence-corrected chi connectivity index (χ1v) is 8.01. The molecule has 0 saturated carbocycles. The van der Waals surface area contributed by atoms with Crippen molar-refractivity contribution in [1.29, 1.82) is 0 Å². The molecule has 0 saturated heterocycles. The predicted octanol–water partition coefficient (Wildman–Crippen LogP) is 4.22. The van der Waals surface area contributed by atoms with Gasteiger partial charge >= 0.3 is 0 Å². The lowest BCUT2D eigenvalue weighted by Crippen LogP contribution is -1.96. The van der Waals surface area contributed by atoms with E-state index < -0.39 is 0 Å². The topological polar surface area (TPSA) is 54.5 Å². The molecule has 1 aromatic carbocycles. The van der Waals surface area contributed by atoms with Gasteiger partial charge in [-0.15, -0.1) is 0 Å². The zero-order valence-electron chi connectivity index (χ0n) is 10.9. The second-order valence-corrected chi connectivity index (χ2v) is 6.18. The maximum absolute atomic E-state index is 4.55. The molecule has 1 N–H and O–H groups in total. The minimum Gasteiger partial charge on any atom is -0.333 e. The maximum atomic E-state index is 4.55. The summed E-state index contributed by atoms with van der Waals surface area (Å²) in [5.74, 6) is 0.862. The minimum atomic E-state index is 0.814. The van der Waals surface area contributed by atoms with Crippen LogP contribution in [0.2, 0.25) is 0 Å². The van der Waals surface area contributed by atoms with E-state index in [1.54, 1.807) is 0 Å². The van der Waals surface area contributed by atoms with E-state index in [4.69, 9.17) is 0 Å². The molecule has 0 spiro atoms. The van der Waals surface area contributed by atoms with Gasteiger partial charge in [0.15, 0.2) is 5.16 Å². The van der Waals surface area contributed by atoms with Crippen molar-refractivity contribution in [2.24, 2.45) is 0 Å². The van der Waals surface area contributed by atoms with E-state index >= 15 is 0 Å². The third kappa shape index (κ3) is 3.02. The number of imidazole rings is 1. The number of hydrogen-bond donors (Lipinski definition) is 1. The van der Waals surface area contributed by atoms with Crippen LogP contribution in [0.15, 0.2) is 45.1 Å². The largest absolute Gasteiger partial charge is 0.333 e. The highest BCUT2D eigenvalue weighted by Gasteiger charge is 2.08. The number of benzene rings is 1. The van der Waals surface area contributed by atoms with Gasteiger partial charge in [0.05, 0.1) is 11.0 Å². The minimum absolute atomic E-state index is 0.814. The Kier molecular flexibility index (Phi) is 4.03. The van der Waals surface area contributed by atoms with Crippen molar-refractivity contribution in [3.63, 3.8) is 0 Å². The maximum Gasteiger partial charge on any atom is 0.172 e. The Hall–Kier alpha value is -1.40. The fourth-order valence-corrected chi connectivity index (χ4v) is 3.30. The molecule has 0 atom stereocenters. The lowest BCUT2D eigenvalue weighted by atomic mass is 10.3. The van der Waals surface area contributed by atoms with Crippen LogP contribution in [0.4, 0.5) is 0 Å². The first-order chi connectivity index (χ1) is 9.74. The molecule has 2 aromatic heterocycles. The molecule has 0 radical (unpaired) electrons. The van der Waals surface area contributed by atoms with Crippen LogP contribution in [0.3, 0.4) is 0 Å². The standard InChI is InChI=1S/C14H13BrN4S/c1-2-5-12-18-11(15)8-13(19-12)20-14-16-9-6-3-4-7-10(9)17-14/h3-4,6-8H,2,5H2,1H3,(H,16,17). The van der Waals surface area contributed by atoms with Crippen molar-refractivity contribution < 1.29 is 0 Å². The van der Waals surface area contributed by atoms with E-state index in [-0.39, 0.29) is 0 Å². The van der Waals surface area contributed by atoms with Crippen LogP contribution in [0.1, 0.15) is 19.2 Å². The van der Waals surface area contributed by atoms with E-state index in [0.717, 1.165) is 44.5 Å². The molecule has 4 nitrogen and oxygen atoms in total. The molecule has 102 valence electrons. The van der Waals surface area contributed by atoms with Gasteiger partial charge in [-0.05, 0) is 46.2 Å². The van der Waals surface area contributed by atoms with Gasteiger partial charge in [0.1, 0.15) is 15.5 Å². The monoisotopic (exact) mass is 348 g/mol. The molecular formula is C14H13BrN4S. The van der Waals surface area contributed by atoms with Gasteiger partial charge in [-0.1, -0.05) is 19.1 Å². The zero-order valence-corrected chi connectivity index (χ0v) is 13.3. The molecule has 0 fully saturated rings. The quantitative estimate of drug-likeness (QED) is 0.717. The summed E-state index contributed by atoms with van der Waals surface area (Å²) in [6.07, 6.45) is 1.92. The molecule has 0 aliphatic rings. The van der Waals surface area contributed by atoms with Crippen LogP contribution in [-0.2, 0) is 6.42 Å². The van der Waals surface area contributed by atoms with Crippen LogP contribution < -0.4 is 0 Å². The summed E-state index contributed by atoms with van der Waals surface area (Å²) in [7, 11) is 0. The number of aromatic amines is 1. The highest BCUT2D eigenvalue weighted by molar-refractivity contribution is 9.10. The lowest BCUT2D eigenvalue weighted by Gasteiger charge is -2.02. The van der Waals surface area contributed by atoms with Crippen LogP contribution >= 0.6 is 27.7 Å². The molecular weight excluding hydrogens is 336 g/mol. The summed E-state index contributed by atoms with van der Waals surface area (Å²) < 4.78 is 0.814. The number of aromatic nitrogens is 4. The summed E-state index contributed by atoms with van der Waals surface area (Å²) in [5, 5.41) is 1.74. The van der Waals surface area contributed by atoms with Crippen LogP contribution in [0.5, 0.6) is 0 Å². The Morgan fingerprint density at radius 2 is 2.05 bits per heavy atom. The third-order valence-electron chi connectivity index (χ3n) is 2.76. The number of nitrogens with zero attached hydrogens (tertiary/aromatic N) is 3. The number of halogens is 1. The molecule has 0 aliphatic heterocycles. The van der Waals surface area contributed by atoms with Crippen LogP contribution in [-0.4, -0.2) is 19.9 Å². The number of rotatable bonds is 4. The predicted molar refractivity (Wildman–Crippen MR) is 83.9 cm³/mol. The molecule has 6 heteroatoms. The molecule has 3 aromatic rings. The second kappa shape index (κ2) is 5.93. The Bertz CT molecular complexity index is 708. The van der Waals surface area contributed by atoms with Gasteiger partial charge < -0.3 is 4.98 Å². The normalized spacial score (nSPS) is 11.1. The van der Waals surface area contributed by atoms with E-state index in [2.05, 4.69) is 42.8 Å². The Balaban J connectivity index is 1.90. The smallest absolute Gasteiger partial charge is 0.172 e. The summed E-state index contributed by atoms with van der Waals surface area (Å²) in [6, 6.07) is 9.91. The number of nitrogens with one attached hydrogen (secondary N) is 1. The average Bonchev–Trinajstić information content (AvgIpc) is 2.80. The van der Waals surface area contributed by atoms with Crippen molar-refractivity contribution >= 4 is 38.7 Å². The van der Waals surface area contributed by atoms with Crippen LogP contribution in [0, 0.1) is 0 Å². The first-order valence-electron chi connectivity index (χ1n) is 6.40. The highest BCUT2D eigenvalue weighted by atomic mass is 79.9. The molecule has 3 rings (SSSR count). The van der Waals surface area contributed by atoms with Gasteiger partial charge in [-0.25, -0.2) is 15.0 Å². The van der Waals surface area contributed by atoms with E-state index in [1.807, 2.05) is 30.3 Å². The van der Waals surface area contributed by atoms with Crippen molar-refractivity contribution in [1.82, 2.24) is 19.9 Å². The molecule has 0 aliphatic carbocycles. The summed E-state index contributed by atoms with van der Waals surface area (Å²) in [5.41, 5.74) is 2.01. The average molecular weight is 349 g/mol. The van der Waals surface area contributed by atoms with Gasteiger partial charge in [0, 0.05) is 12.5 Å². The fourth-order valence-electron chi connectivity index (χ4n) is 1.91. The molecule has 0 amide bonds. The molecule has 0 bridgehead atoms. The van der Waals surface area contributed by atoms with Crippen LogP contribution in [0.25, 0.3) is 11.0 Å². The van der Waals surface area contributed by atoms with Gasteiger partial charge in [-0.2, -0.15) is 0 Å². The van der Waals surface area contributed by atoms with Crippen molar-refractivity contribution in [2.75, 3.05) is 0 Å². The first kappa shape index (κ1) is 13.6. The molecule has 20 heavy (non-hydrogen) atoms. The summed E-state index contributed by atoms with van der Waals surface area (Å²) in [4.78, 5) is 16.8. The molecule has 0 unspecified atom stereocenters. The lowest BCUT2D eigenvalue weighted by molar-refractivity contribution is 0.802. The van der Waals surface area contributed by atoms with E-state index in [0.29, 0.717) is 0 Å². The number of fused-ring (bicyclic) bond motifs is 1. The Morgan fingerprint density at radius 3 is 2.85 bits per heavy atom. The summed E-state index contributed by atoms with van der Waals surface area (Å²) >= 11 is 4.96. The van der Waals surface area contributed by atoms with E-state index in [1.165, 1.54) is 11.8 Å². The number of aryl methyl sites for hydroxylation is 1. The second-order valence-electron chi connectivity index (χ2n) is 4.36. The Morgan fingerprint density at radius 1 is 1.20 bits per heavy atom. The van der Waals surface area contributed by atoms with Gasteiger partial charge in [0.2, 0.25) is 0 Å². The van der Waals surface area contributed by atoms with Gasteiger partial charge in [-0.3, -0.25) is 0 Å². The van der Waals surface area contributed by atoms with Gasteiger partial charge in [0.25, 0.3) is 0 Å². The third-order valence-corrected chi connectivity index (χ3v) is 3.97.